The molecule has 0 saturated carbocycles. The highest BCUT2D eigenvalue weighted by Gasteiger charge is 2.23. The number of aliphatic hydroxyl groups excluding tert-OH is 1. The Labute approximate surface area is 118 Å². The molecule has 1 aromatic rings. The summed E-state index contributed by atoms with van der Waals surface area (Å²) in [6.45, 7) is 3.52. The molecule has 1 saturated heterocycles. The number of hydrogen-bond acceptors (Lipinski definition) is 2. The van der Waals surface area contributed by atoms with Crippen molar-refractivity contribution in [3.63, 3.8) is 0 Å². The predicted octanol–water partition coefficient (Wildman–Crippen LogP) is 4.10. The standard InChI is InChI=1S/C15H22BrNO/c1-2-5-13-6-3-4-9-17(13)15-8-7-12(11-18)10-14(15)16/h7-8,10,13,18H,2-6,9,11H2,1H3. The van der Waals surface area contributed by atoms with Crippen LogP contribution >= 0.6 is 15.9 Å². The number of rotatable bonds is 4. The van der Waals surface area contributed by atoms with E-state index >= 15 is 0 Å². The molecule has 18 heavy (non-hydrogen) atoms. The van der Waals surface area contributed by atoms with Gasteiger partial charge < -0.3 is 10.0 Å². The fourth-order valence-electron chi connectivity index (χ4n) is 2.83. The zero-order chi connectivity index (χ0) is 13.0. The lowest BCUT2D eigenvalue weighted by Crippen LogP contribution is -2.39. The van der Waals surface area contributed by atoms with Crippen molar-refractivity contribution in [2.24, 2.45) is 0 Å². The van der Waals surface area contributed by atoms with E-state index in [0.29, 0.717) is 6.04 Å². The van der Waals surface area contributed by atoms with E-state index < -0.39 is 0 Å². The zero-order valence-electron chi connectivity index (χ0n) is 11.0. The number of anilines is 1. The van der Waals surface area contributed by atoms with Gasteiger partial charge in [0.05, 0.1) is 12.3 Å². The van der Waals surface area contributed by atoms with Gasteiger partial charge in [-0.2, -0.15) is 0 Å². The summed E-state index contributed by atoms with van der Waals surface area (Å²) in [5, 5.41) is 9.17. The fourth-order valence-corrected chi connectivity index (χ4v) is 3.49. The Morgan fingerprint density at radius 2 is 2.22 bits per heavy atom. The Bertz CT molecular complexity index is 392. The van der Waals surface area contributed by atoms with E-state index in [9.17, 15) is 0 Å². The van der Waals surface area contributed by atoms with Gasteiger partial charge in [-0.1, -0.05) is 19.4 Å². The van der Waals surface area contributed by atoms with Crippen LogP contribution in [-0.4, -0.2) is 17.7 Å². The van der Waals surface area contributed by atoms with Crippen molar-refractivity contribution in [1.82, 2.24) is 0 Å². The molecular formula is C15H22BrNO. The van der Waals surface area contributed by atoms with Crippen LogP contribution in [0.15, 0.2) is 22.7 Å². The molecule has 2 nitrogen and oxygen atoms in total. The molecule has 0 amide bonds. The second kappa shape index (κ2) is 6.58. The fraction of sp³-hybridized carbons (Fsp3) is 0.600. The quantitative estimate of drug-likeness (QED) is 0.905. The minimum absolute atomic E-state index is 0.108. The molecule has 3 heteroatoms. The third-order valence-electron chi connectivity index (χ3n) is 3.75. The van der Waals surface area contributed by atoms with Crippen LogP contribution in [0.4, 0.5) is 5.69 Å². The van der Waals surface area contributed by atoms with E-state index in [-0.39, 0.29) is 6.61 Å². The molecule has 1 fully saturated rings. The van der Waals surface area contributed by atoms with E-state index in [1.54, 1.807) is 0 Å². The Hall–Kier alpha value is -0.540. The third kappa shape index (κ3) is 3.07. The largest absolute Gasteiger partial charge is 0.392 e. The molecule has 0 bridgehead atoms. The van der Waals surface area contributed by atoms with Crippen LogP contribution < -0.4 is 4.90 Å². The van der Waals surface area contributed by atoms with Gasteiger partial charge in [0.25, 0.3) is 0 Å². The summed E-state index contributed by atoms with van der Waals surface area (Å²) in [4.78, 5) is 2.54. The summed E-state index contributed by atoms with van der Waals surface area (Å²) in [6.07, 6.45) is 6.46. The van der Waals surface area contributed by atoms with Crippen molar-refractivity contribution >= 4 is 21.6 Å². The number of aliphatic hydroxyl groups is 1. The highest BCUT2D eigenvalue weighted by molar-refractivity contribution is 9.10. The van der Waals surface area contributed by atoms with E-state index in [2.05, 4.69) is 33.8 Å². The van der Waals surface area contributed by atoms with E-state index in [1.807, 2.05) is 12.1 Å². The maximum atomic E-state index is 9.17. The Morgan fingerprint density at radius 1 is 1.39 bits per heavy atom. The molecule has 1 aliphatic rings. The second-order valence-corrected chi connectivity index (χ2v) is 5.93. The van der Waals surface area contributed by atoms with Crippen LogP contribution in [0.5, 0.6) is 0 Å². The molecule has 1 aliphatic heterocycles. The first-order valence-electron chi connectivity index (χ1n) is 6.92. The first-order valence-corrected chi connectivity index (χ1v) is 7.71. The Kier molecular flexibility index (Phi) is 5.07. The minimum atomic E-state index is 0.108. The van der Waals surface area contributed by atoms with Gasteiger partial charge in [-0.15, -0.1) is 0 Å². The molecule has 100 valence electrons. The molecule has 1 aromatic carbocycles. The van der Waals surface area contributed by atoms with E-state index in [1.165, 1.54) is 37.8 Å². The van der Waals surface area contributed by atoms with Gasteiger partial charge in [0.2, 0.25) is 0 Å². The maximum absolute atomic E-state index is 9.17. The highest BCUT2D eigenvalue weighted by Crippen LogP contribution is 2.33. The van der Waals surface area contributed by atoms with Crippen molar-refractivity contribution in [2.45, 2.75) is 51.7 Å². The normalized spacial score (nSPS) is 20.2. The number of halogens is 1. The Morgan fingerprint density at radius 3 is 2.89 bits per heavy atom. The molecule has 0 radical (unpaired) electrons. The summed E-state index contributed by atoms with van der Waals surface area (Å²) in [5.41, 5.74) is 2.25. The van der Waals surface area contributed by atoms with Gasteiger partial charge in [-0.25, -0.2) is 0 Å². The summed E-state index contributed by atoms with van der Waals surface area (Å²) >= 11 is 3.65. The predicted molar refractivity (Wildman–Crippen MR) is 80.0 cm³/mol. The summed E-state index contributed by atoms with van der Waals surface area (Å²) in [5.74, 6) is 0. The summed E-state index contributed by atoms with van der Waals surface area (Å²) in [7, 11) is 0. The molecule has 0 aromatic heterocycles. The first kappa shape index (κ1) is 13.9. The van der Waals surface area contributed by atoms with Crippen molar-refractivity contribution in [3.05, 3.63) is 28.2 Å². The van der Waals surface area contributed by atoms with Crippen molar-refractivity contribution in [2.75, 3.05) is 11.4 Å². The molecule has 1 N–H and O–H groups in total. The number of piperidine rings is 1. The van der Waals surface area contributed by atoms with Gasteiger partial charge in [0, 0.05) is 17.1 Å². The SMILES string of the molecule is CCCC1CCCCN1c1ccc(CO)cc1Br. The van der Waals surface area contributed by atoms with Crippen LogP contribution in [0.25, 0.3) is 0 Å². The van der Waals surface area contributed by atoms with Crippen LogP contribution in [0.3, 0.4) is 0 Å². The topological polar surface area (TPSA) is 23.5 Å². The summed E-state index contributed by atoms with van der Waals surface area (Å²) < 4.78 is 1.11. The lowest BCUT2D eigenvalue weighted by atomic mass is 9.97. The zero-order valence-corrected chi connectivity index (χ0v) is 12.6. The monoisotopic (exact) mass is 311 g/mol. The number of hydrogen-bond donors (Lipinski definition) is 1. The van der Waals surface area contributed by atoms with Crippen LogP contribution in [0.1, 0.15) is 44.6 Å². The third-order valence-corrected chi connectivity index (χ3v) is 4.39. The van der Waals surface area contributed by atoms with Crippen molar-refractivity contribution in [3.8, 4) is 0 Å². The van der Waals surface area contributed by atoms with Crippen LogP contribution in [0, 0.1) is 0 Å². The van der Waals surface area contributed by atoms with Crippen molar-refractivity contribution in [1.29, 1.82) is 0 Å². The highest BCUT2D eigenvalue weighted by atomic mass is 79.9. The van der Waals surface area contributed by atoms with Gasteiger partial charge in [0.1, 0.15) is 0 Å². The van der Waals surface area contributed by atoms with Crippen molar-refractivity contribution < 1.29 is 5.11 Å². The van der Waals surface area contributed by atoms with Gasteiger partial charge in [0.15, 0.2) is 0 Å². The van der Waals surface area contributed by atoms with Crippen LogP contribution in [0.2, 0.25) is 0 Å². The average Bonchev–Trinajstić information content (AvgIpc) is 2.40. The number of nitrogens with zero attached hydrogens (tertiary/aromatic N) is 1. The van der Waals surface area contributed by atoms with E-state index in [0.717, 1.165) is 16.6 Å². The Balaban J connectivity index is 2.22. The lowest BCUT2D eigenvalue weighted by Gasteiger charge is -2.38. The van der Waals surface area contributed by atoms with Gasteiger partial charge >= 0.3 is 0 Å². The van der Waals surface area contributed by atoms with Crippen LogP contribution in [-0.2, 0) is 6.61 Å². The molecule has 1 atom stereocenters. The smallest absolute Gasteiger partial charge is 0.0682 e. The van der Waals surface area contributed by atoms with Gasteiger partial charge in [-0.3, -0.25) is 0 Å². The number of benzene rings is 1. The molecule has 1 heterocycles. The molecule has 1 unspecified atom stereocenters. The first-order chi connectivity index (χ1) is 8.76. The molecule has 0 aliphatic carbocycles. The summed E-state index contributed by atoms with van der Waals surface area (Å²) in [6, 6.07) is 6.88. The molecule has 2 rings (SSSR count). The second-order valence-electron chi connectivity index (χ2n) is 5.08. The lowest BCUT2D eigenvalue weighted by molar-refractivity contribution is 0.282. The molecular weight excluding hydrogens is 290 g/mol. The minimum Gasteiger partial charge on any atom is -0.392 e. The average molecular weight is 312 g/mol. The molecule has 0 spiro atoms. The van der Waals surface area contributed by atoms with Gasteiger partial charge in [-0.05, 0) is 59.3 Å². The van der Waals surface area contributed by atoms with E-state index in [4.69, 9.17) is 5.11 Å². The maximum Gasteiger partial charge on any atom is 0.0682 e.